The second-order valence-electron chi connectivity index (χ2n) is 7.69. The summed E-state index contributed by atoms with van der Waals surface area (Å²) in [5, 5.41) is 0. The summed E-state index contributed by atoms with van der Waals surface area (Å²) in [6.07, 6.45) is 4.97. The van der Waals surface area contributed by atoms with Gasteiger partial charge in [0.25, 0.3) is 0 Å². The van der Waals surface area contributed by atoms with E-state index in [1.54, 1.807) is 33.4 Å². The molecular formula is C21H24N2O5. The summed E-state index contributed by atoms with van der Waals surface area (Å²) < 4.78 is 10.6. The lowest BCUT2D eigenvalue weighted by Crippen LogP contribution is -2.42. The van der Waals surface area contributed by atoms with E-state index in [4.69, 9.17) is 9.47 Å². The number of rotatable bonds is 6. The third-order valence-electron chi connectivity index (χ3n) is 6.18. The van der Waals surface area contributed by atoms with Gasteiger partial charge in [0.15, 0.2) is 0 Å². The van der Waals surface area contributed by atoms with Gasteiger partial charge in [-0.25, -0.2) is 0 Å². The van der Waals surface area contributed by atoms with Crippen LogP contribution in [0.2, 0.25) is 0 Å². The third-order valence-corrected chi connectivity index (χ3v) is 6.18. The highest BCUT2D eigenvalue weighted by Gasteiger charge is 2.59. The number of carbonyl (C=O) groups is 3. The Morgan fingerprint density at radius 1 is 1.11 bits per heavy atom. The van der Waals surface area contributed by atoms with E-state index in [2.05, 4.69) is 0 Å². The molecule has 0 unspecified atom stereocenters. The van der Waals surface area contributed by atoms with Crippen LogP contribution in [-0.4, -0.2) is 55.3 Å². The molecule has 28 heavy (non-hydrogen) atoms. The van der Waals surface area contributed by atoms with Crippen molar-refractivity contribution >= 4 is 17.7 Å². The van der Waals surface area contributed by atoms with Crippen LogP contribution in [0.15, 0.2) is 30.4 Å². The molecule has 1 aliphatic heterocycles. The number of likely N-dealkylation sites (N-methyl/N-ethyl adjacent to an activating group) is 1. The van der Waals surface area contributed by atoms with Crippen molar-refractivity contribution in [2.24, 2.45) is 23.7 Å². The standard InChI is InChI=1S/C21H24N2O5/c1-22(10-14-6-7-15(27-2)9-16(14)28-3)17(24)11-23-20(25)18-12-4-5-13(8-12)19(18)21(23)26/h4-7,9,12-13,18-19H,8,10-11H2,1-3H3/t12-,13-,18+,19+/m1/s1. The number of benzene rings is 1. The first kappa shape index (κ1) is 18.5. The minimum atomic E-state index is -0.278. The monoisotopic (exact) mass is 384 g/mol. The number of likely N-dealkylation sites (tertiary alicyclic amines) is 1. The largest absolute Gasteiger partial charge is 0.497 e. The van der Waals surface area contributed by atoms with Crippen LogP contribution in [0.4, 0.5) is 0 Å². The van der Waals surface area contributed by atoms with Crippen molar-refractivity contribution in [1.82, 2.24) is 9.80 Å². The zero-order valence-corrected chi connectivity index (χ0v) is 16.3. The van der Waals surface area contributed by atoms with Gasteiger partial charge in [-0.15, -0.1) is 0 Å². The molecule has 1 heterocycles. The van der Waals surface area contributed by atoms with Crippen molar-refractivity contribution in [3.8, 4) is 11.5 Å². The second kappa shape index (κ2) is 6.96. The van der Waals surface area contributed by atoms with Gasteiger partial charge < -0.3 is 14.4 Å². The van der Waals surface area contributed by atoms with Crippen LogP contribution in [0, 0.1) is 23.7 Å². The number of hydrogen-bond acceptors (Lipinski definition) is 5. The van der Waals surface area contributed by atoms with Gasteiger partial charge in [-0.1, -0.05) is 12.2 Å². The first-order chi connectivity index (χ1) is 13.4. The first-order valence-corrected chi connectivity index (χ1v) is 9.43. The summed E-state index contributed by atoms with van der Waals surface area (Å²) in [5.74, 6) is 0.346. The molecule has 7 heteroatoms. The van der Waals surface area contributed by atoms with Crippen molar-refractivity contribution in [1.29, 1.82) is 0 Å². The Bertz CT molecular complexity index is 834. The number of nitrogens with zero attached hydrogens (tertiary/aromatic N) is 2. The van der Waals surface area contributed by atoms with Gasteiger partial charge in [0, 0.05) is 25.2 Å². The van der Waals surface area contributed by atoms with Crippen LogP contribution >= 0.6 is 0 Å². The van der Waals surface area contributed by atoms with E-state index >= 15 is 0 Å². The van der Waals surface area contributed by atoms with E-state index in [-0.39, 0.29) is 47.9 Å². The fourth-order valence-corrected chi connectivity index (χ4v) is 4.70. The molecule has 4 atom stereocenters. The minimum absolute atomic E-state index is 0.146. The molecule has 0 spiro atoms. The molecule has 148 valence electrons. The lowest BCUT2D eigenvalue weighted by Gasteiger charge is -2.23. The van der Waals surface area contributed by atoms with Crippen LogP contribution < -0.4 is 9.47 Å². The summed E-state index contributed by atoms with van der Waals surface area (Å²) in [5.41, 5.74) is 0.817. The zero-order chi connectivity index (χ0) is 20.0. The van der Waals surface area contributed by atoms with Gasteiger partial charge in [-0.05, 0) is 30.4 Å². The third kappa shape index (κ3) is 2.85. The summed E-state index contributed by atoms with van der Waals surface area (Å²) in [6.45, 7) is 0.0982. The van der Waals surface area contributed by atoms with Crippen LogP contribution in [0.5, 0.6) is 11.5 Å². The molecule has 4 rings (SSSR count). The topological polar surface area (TPSA) is 76.2 Å². The zero-order valence-electron chi connectivity index (χ0n) is 16.3. The maximum atomic E-state index is 12.7. The number of fused-ring (bicyclic) bond motifs is 5. The Hall–Kier alpha value is -2.83. The second-order valence-corrected chi connectivity index (χ2v) is 7.69. The number of ether oxygens (including phenoxy) is 2. The lowest BCUT2D eigenvalue weighted by atomic mass is 9.85. The van der Waals surface area contributed by atoms with Crippen molar-refractivity contribution in [2.45, 2.75) is 13.0 Å². The van der Waals surface area contributed by atoms with E-state index in [0.29, 0.717) is 18.0 Å². The van der Waals surface area contributed by atoms with Gasteiger partial charge in [-0.2, -0.15) is 0 Å². The molecular weight excluding hydrogens is 360 g/mol. The van der Waals surface area contributed by atoms with E-state index in [1.165, 1.54) is 4.90 Å². The van der Waals surface area contributed by atoms with Crippen LogP contribution in [0.3, 0.4) is 0 Å². The van der Waals surface area contributed by atoms with Gasteiger partial charge in [0.1, 0.15) is 18.0 Å². The molecule has 2 fully saturated rings. The molecule has 1 saturated carbocycles. The predicted molar refractivity (Wildman–Crippen MR) is 100 cm³/mol. The van der Waals surface area contributed by atoms with Gasteiger partial charge in [0.05, 0.1) is 26.1 Å². The van der Waals surface area contributed by atoms with Gasteiger partial charge in [0.2, 0.25) is 17.7 Å². The van der Waals surface area contributed by atoms with Crippen LogP contribution in [0.25, 0.3) is 0 Å². The average molecular weight is 384 g/mol. The maximum Gasteiger partial charge on any atom is 0.242 e. The SMILES string of the molecule is COc1ccc(CN(C)C(=O)CN2C(=O)[C@@H]3[C@@H](C2=O)[C@@H]2C=C[C@@H]3C2)c(OC)c1. The molecule has 1 aromatic carbocycles. The first-order valence-electron chi connectivity index (χ1n) is 9.43. The highest BCUT2D eigenvalue weighted by molar-refractivity contribution is 6.08. The van der Waals surface area contributed by atoms with E-state index in [9.17, 15) is 14.4 Å². The van der Waals surface area contributed by atoms with Crippen molar-refractivity contribution in [2.75, 3.05) is 27.8 Å². The smallest absolute Gasteiger partial charge is 0.242 e. The van der Waals surface area contributed by atoms with E-state index in [0.717, 1.165) is 16.9 Å². The molecule has 1 aromatic rings. The number of carbonyl (C=O) groups excluding carboxylic acids is 3. The molecule has 2 aliphatic carbocycles. The number of imide groups is 1. The summed E-state index contributed by atoms with van der Waals surface area (Å²) in [4.78, 5) is 40.9. The molecule has 2 bridgehead atoms. The normalized spacial score (nSPS) is 27.3. The minimum Gasteiger partial charge on any atom is -0.497 e. The summed E-state index contributed by atoms with van der Waals surface area (Å²) in [7, 11) is 4.79. The quantitative estimate of drug-likeness (QED) is 0.548. The predicted octanol–water partition coefficient (Wildman–Crippen LogP) is 1.47. The van der Waals surface area contributed by atoms with Crippen molar-refractivity contribution < 1.29 is 23.9 Å². The van der Waals surface area contributed by atoms with E-state index < -0.39 is 0 Å². The van der Waals surface area contributed by atoms with E-state index in [1.807, 2.05) is 18.2 Å². The number of methoxy groups -OCH3 is 2. The number of allylic oxidation sites excluding steroid dienone is 2. The molecule has 0 N–H and O–H groups in total. The Balaban J connectivity index is 1.43. The summed E-state index contributed by atoms with van der Waals surface area (Å²) in [6, 6.07) is 5.39. The van der Waals surface area contributed by atoms with Crippen molar-refractivity contribution in [3.63, 3.8) is 0 Å². The molecule has 1 saturated heterocycles. The fraction of sp³-hybridized carbons (Fsp3) is 0.476. The molecule has 0 radical (unpaired) electrons. The Morgan fingerprint density at radius 2 is 1.75 bits per heavy atom. The Kier molecular flexibility index (Phi) is 4.61. The Morgan fingerprint density at radius 3 is 2.32 bits per heavy atom. The van der Waals surface area contributed by atoms with Crippen LogP contribution in [0.1, 0.15) is 12.0 Å². The number of hydrogen-bond donors (Lipinski definition) is 0. The molecule has 3 amide bonds. The lowest BCUT2D eigenvalue weighted by molar-refractivity contribution is -0.146. The molecule has 3 aliphatic rings. The Labute approximate surface area is 163 Å². The molecule has 0 aromatic heterocycles. The van der Waals surface area contributed by atoms with Gasteiger partial charge >= 0.3 is 0 Å². The highest BCUT2D eigenvalue weighted by Crippen LogP contribution is 2.52. The average Bonchev–Trinajstić information content (AvgIpc) is 3.38. The van der Waals surface area contributed by atoms with Crippen LogP contribution in [-0.2, 0) is 20.9 Å². The fourth-order valence-electron chi connectivity index (χ4n) is 4.70. The highest BCUT2D eigenvalue weighted by atomic mass is 16.5. The molecule has 7 nitrogen and oxygen atoms in total. The summed E-state index contributed by atoms with van der Waals surface area (Å²) >= 11 is 0. The maximum absolute atomic E-state index is 12.7. The van der Waals surface area contributed by atoms with Crippen molar-refractivity contribution in [3.05, 3.63) is 35.9 Å². The van der Waals surface area contributed by atoms with Gasteiger partial charge in [-0.3, -0.25) is 19.3 Å². The number of amides is 3.